The first-order valence-electron chi connectivity index (χ1n) is 3.67. The minimum Gasteiger partial charge on any atom is -0.306 e. The summed E-state index contributed by atoms with van der Waals surface area (Å²) in [6.07, 6.45) is 0. The molecule has 0 saturated heterocycles. The summed E-state index contributed by atoms with van der Waals surface area (Å²) < 4.78 is 2.10. The van der Waals surface area contributed by atoms with E-state index in [1.54, 1.807) is 23.1 Å². The molecule has 4 heteroatoms. The molecule has 0 unspecified atom stereocenters. The summed E-state index contributed by atoms with van der Waals surface area (Å²) >= 11 is 9.23. The Balaban J connectivity index is 2.63. The zero-order valence-electron chi connectivity index (χ0n) is 7.35. The van der Waals surface area contributed by atoms with E-state index in [-0.39, 0.29) is 4.87 Å². The van der Waals surface area contributed by atoms with Crippen LogP contribution in [0.15, 0.2) is 16.3 Å². The molecule has 68 valence electrons. The third-order valence-electron chi connectivity index (χ3n) is 1.51. The molecule has 0 amide bonds. The van der Waals surface area contributed by atoms with E-state index < -0.39 is 0 Å². The third-order valence-corrected chi connectivity index (χ3v) is 4.08. The van der Waals surface area contributed by atoms with Crippen LogP contribution in [-0.2, 0) is 0 Å². The summed E-state index contributed by atoms with van der Waals surface area (Å²) in [6, 6.07) is 3.98. The predicted octanol–water partition coefficient (Wildman–Crippen LogP) is 3.45. The van der Waals surface area contributed by atoms with E-state index in [1.807, 2.05) is 13.1 Å². The van der Waals surface area contributed by atoms with Crippen molar-refractivity contribution in [3.8, 4) is 0 Å². The Morgan fingerprint density at radius 1 is 1.50 bits per heavy atom. The summed E-state index contributed by atoms with van der Waals surface area (Å²) in [6.45, 7) is 4.29. The van der Waals surface area contributed by atoms with Crippen LogP contribution < -0.4 is 5.32 Å². The van der Waals surface area contributed by atoms with Gasteiger partial charge in [0, 0.05) is 0 Å². The third kappa shape index (κ3) is 2.98. The first kappa shape index (κ1) is 10.4. The molecule has 1 nitrogen and oxygen atoms in total. The van der Waals surface area contributed by atoms with E-state index in [4.69, 9.17) is 11.6 Å². The Hall–Kier alpha value is 0.300. The van der Waals surface area contributed by atoms with Crippen molar-refractivity contribution in [2.45, 2.75) is 22.9 Å². The Morgan fingerprint density at radius 2 is 2.17 bits per heavy atom. The van der Waals surface area contributed by atoms with Crippen molar-refractivity contribution < 1.29 is 0 Å². The van der Waals surface area contributed by atoms with Crippen molar-refractivity contribution in [3.63, 3.8) is 0 Å². The van der Waals surface area contributed by atoms with E-state index in [0.717, 1.165) is 4.34 Å². The molecule has 1 N–H and O–H groups in total. The first-order chi connectivity index (χ1) is 5.53. The van der Waals surface area contributed by atoms with Gasteiger partial charge in [0.2, 0.25) is 0 Å². The molecule has 0 spiro atoms. The largest absolute Gasteiger partial charge is 0.306 e. The summed E-state index contributed by atoms with van der Waals surface area (Å²) in [7, 11) is 1.96. The van der Waals surface area contributed by atoms with Crippen molar-refractivity contribution in [3.05, 3.63) is 16.5 Å². The second kappa shape index (κ2) is 4.01. The first-order valence-corrected chi connectivity index (χ1v) is 5.68. The lowest BCUT2D eigenvalue weighted by molar-refractivity contribution is 0.609. The fourth-order valence-corrected chi connectivity index (χ4v) is 3.37. The standard InChI is InChI=1S/C8H12ClNS2/c1-8(2,10-3)12-7-5-4-6(9)11-7/h4-5,10H,1-3H3. The van der Waals surface area contributed by atoms with Gasteiger partial charge in [-0.05, 0) is 33.0 Å². The maximum atomic E-state index is 5.82. The van der Waals surface area contributed by atoms with Crippen LogP contribution in [-0.4, -0.2) is 11.9 Å². The number of halogens is 1. The average molecular weight is 222 g/mol. The number of nitrogens with one attached hydrogen (secondary N) is 1. The highest BCUT2D eigenvalue weighted by molar-refractivity contribution is 8.02. The Kier molecular flexibility index (Phi) is 3.47. The van der Waals surface area contributed by atoms with Gasteiger partial charge >= 0.3 is 0 Å². The topological polar surface area (TPSA) is 12.0 Å². The quantitative estimate of drug-likeness (QED) is 0.620. The van der Waals surface area contributed by atoms with Crippen molar-refractivity contribution in [2.24, 2.45) is 0 Å². The molecular weight excluding hydrogens is 210 g/mol. The lowest BCUT2D eigenvalue weighted by Gasteiger charge is -2.21. The molecule has 1 aromatic heterocycles. The predicted molar refractivity (Wildman–Crippen MR) is 58.3 cm³/mol. The van der Waals surface area contributed by atoms with Crippen molar-refractivity contribution in [2.75, 3.05) is 7.05 Å². The molecule has 0 fully saturated rings. The summed E-state index contributed by atoms with van der Waals surface area (Å²) in [5.74, 6) is 0. The van der Waals surface area contributed by atoms with Crippen LogP contribution in [0, 0.1) is 0 Å². The number of rotatable bonds is 3. The molecule has 0 radical (unpaired) electrons. The Bertz CT molecular complexity index is 257. The highest BCUT2D eigenvalue weighted by Gasteiger charge is 2.16. The molecule has 0 aliphatic heterocycles. The molecule has 1 rings (SSSR count). The van der Waals surface area contributed by atoms with Crippen LogP contribution in [0.4, 0.5) is 0 Å². The van der Waals surface area contributed by atoms with Gasteiger partial charge < -0.3 is 5.32 Å². The van der Waals surface area contributed by atoms with E-state index in [1.165, 1.54) is 4.21 Å². The number of thioether (sulfide) groups is 1. The molecule has 0 bridgehead atoms. The zero-order chi connectivity index (χ0) is 9.19. The van der Waals surface area contributed by atoms with Crippen molar-refractivity contribution in [1.82, 2.24) is 5.32 Å². The van der Waals surface area contributed by atoms with Gasteiger partial charge in [0.25, 0.3) is 0 Å². The Labute approximate surface area is 86.5 Å². The van der Waals surface area contributed by atoms with Gasteiger partial charge in [-0.1, -0.05) is 23.4 Å². The molecule has 1 heterocycles. The Morgan fingerprint density at radius 3 is 2.58 bits per heavy atom. The van der Waals surface area contributed by atoms with E-state index in [2.05, 4.69) is 25.2 Å². The van der Waals surface area contributed by atoms with Crippen molar-refractivity contribution >= 4 is 34.7 Å². The summed E-state index contributed by atoms with van der Waals surface area (Å²) in [4.78, 5) is 0.0776. The fraction of sp³-hybridized carbons (Fsp3) is 0.500. The van der Waals surface area contributed by atoms with Gasteiger partial charge in [0.05, 0.1) is 13.4 Å². The molecule has 0 atom stereocenters. The highest BCUT2D eigenvalue weighted by atomic mass is 35.5. The molecule has 12 heavy (non-hydrogen) atoms. The summed E-state index contributed by atoms with van der Waals surface area (Å²) in [5.41, 5.74) is 0. The number of thiophene rings is 1. The van der Waals surface area contributed by atoms with Crippen LogP contribution in [0.5, 0.6) is 0 Å². The maximum Gasteiger partial charge on any atom is 0.0940 e. The molecule has 0 aliphatic carbocycles. The molecular formula is C8H12ClNS2. The SMILES string of the molecule is CNC(C)(C)Sc1ccc(Cl)s1. The monoisotopic (exact) mass is 221 g/mol. The lowest BCUT2D eigenvalue weighted by Crippen LogP contribution is -2.31. The fourth-order valence-electron chi connectivity index (χ4n) is 0.655. The van der Waals surface area contributed by atoms with Gasteiger partial charge in [-0.15, -0.1) is 11.3 Å². The van der Waals surface area contributed by atoms with E-state index in [0.29, 0.717) is 0 Å². The molecule has 0 aliphatic rings. The van der Waals surface area contributed by atoms with E-state index >= 15 is 0 Å². The van der Waals surface area contributed by atoms with Gasteiger partial charge in [0.15, 0.2) is 0 Å². The average Bonchev–Trinajstić information content (AvgIpc) is 2.35. The van der Waals surface area contributed by atoms with E-state index in [9.17, 15) is 0 Å². The van der Waals surface area contributed by atoms with Crippen LogP contribution in [0.25, 0.3) is 0 Å². The second-order valence-electron chi connectivity index (χ2n) is 2.92. The van der Waals surface area contributed by atoms with Crippen molar-refractivity contribution in [1.29, 1.82) is 0 Å². The smallest absolute Gasteiger partial charge is 0.0940 e. The van der Waals surface area contributed by atoms with Crippen LogP contribution in [0.1, 0.15) is 13.8 Å². The van der Waals surface area contributed by atoms with Gasteiger partial charge in [0.1, 0.15) is 0 Å². The normalized spacial score (nSPS) is 12.0. The molecule has 0 saturated carbocycles. The summed E-state index contributed by atoms with van der Waals surface area (Å²) in [5, 5.41) is 3.23. The number of hydrogen-bond acceptors (Lipinski definition) is 3. The van der Waals surface area contributed by atoms with Gasteiger partial charge in [-0.3, -0.25) is 0 Å². The molecule has 1 aromatic rings. The van der Waals surface area contributed by atoms with Crippen LogP contribution in [0.3, 0.4) is 0 Å². The van der Waals surface area contributed by atoms with Gasteiger partial charge in [-0.2, -0.15) is 0 Å². The number of hydrogen-bond donors (Lipinski definition) is 1. The lowest BCUT2D eigenvalue weighted by atomic mass is 10.4. The molecule has 0 aromatic carbocycles. The second-order valence-corrected chi connectivity index (χ2v) is 6.56. The van der Waals surface area contributed by atoms with Crippen LogP contribution in [0.2, 0.25) is 4.34 Å². The minimum absolute atomic E-state index is 0.0776. The van der Waals surface area contributed by atoms with Gasteiger partial charge in [-0.25, -0.2) is 0 Å². The zero-order valence-corrected chi connectivity index (χ0v) is 9.74. The van der Waals surface area contributed by atoms with Crippen LogP contribution >= 0.6 is 34.7 Å². The minimum atomic E-state index is 0.0776. The highest BCUT2D eigenvalue weighted by Crippen LogP contribution is 2.36. The maximum absolute atomic E-state index is 5.82.